The number of pyridine rings is 1. The van der Waals surface area contributed by atoms with Gasteiger partial charge in [0.1, 0.15) is 11.4 Å². The van der Waals surface area contributed by atoms with Gasteiger partial charge in [-0.3, -0.25) is 9.59 Å². The Hall–Kier alpha value is -1.43. The SMILES string of the molecule is CCC1(C(=O)O)CC1C(=O)c1ncc(Br)cc1OC. The van der Waals surface area contributed by atoms with Crippen LogP contribution in [0.5, 0.6) is 5.75 Å². The molecule has 1 aliphatic carbocycles. The van der Waals surface area contributed by atoms with Crippen molar-refractivity contribution in [1.29, 1.82) is 0 Å². The van der Waals surface area contributed by atoms with Crippen molar-refractivity contribution >= 4 is 27.7 Å². The summed E-state index contributed by atoms with van der Waals surface area (Å²) in [5.74, 6) is -1.31. The molecule has 1 fully saturated rings. The fourth-order valence-electron chi connectivity index (χ4n) is 2.35. The summed E-state index contributed by atoms with van der Waals surface area (Å²) in [7, 11) is 1.46. The number of carboxylic acid groups (broad SMARTS) is 1. The van der Waals surface area contributed by atoms with Gasteiger partial charge >= 0.3 is 5.97 Å². The molecule has 102 valence electrons. The number of methoxy groups -OCH3 is 1. The van der Waals surface area contributed by atoms with E-state index in [9.17, 15) is 14.7 Å². The van der Waals surface area contributed by atoms with Crippen molar-refractivity contribution in [2.75, 3.05) is 7.11 Å². The van der Waals surface area contributed by atoms with Gasteiger partial charge in [0.15, 0.2) is 5.78 Å². The van der Waals surface area contributed by atoms with Gasteiger partial charge in [0.25, 0.3) is 0 Å². The van der Waals surface area contributed by atoms with E-state index in [2.05, 4.69) is 20.9 Å². The van der Waals surface area contributed by atoms with Crippen molar-refractivity contribution in [2.45, 2.75) is 19.8 Å². The van der Waals surface area contributed by atoms with Gasteiger partial charge in [0, 0.05) is 16.6 Å². The summed E-state index contributed by atoms with van der Waals surface area (Å²) in [6, 6.07) is 1.65. The van der Waals surface area contributed by atoms with E-state index in [1.807, 2.05) is 0 Å². The molecule has 0 saturated heterocycles. The minimum absolute atomic E-state index is 0.201. The van der Waals surface area contributed by atoms with E-state index in [0.717, 1.165) is 0 Å². The van der Waals surface area contributed by atoms with Crippen LogP contribution in [0.4, 0.5) is 0 Å². The standard InChI is InChI=1S/C13H14BrNO4/c1-3-13(12(17)18)5-8(13)11(16)10-9(19-2)4-7(14)6-15-10/h4,6,8H,3,5H2,1-2H3,(H,17,18). The molecule has 1 saturated carbocycles. The molecule has 1 aromatic heterocycles. The number of aromatic nitrogens is 1. The first-order chi connectivity index (χ1) is 8.96. The normalized spacial score (nSPS) is 24.9. The van der Waals surface area contributed by atoms with Crippen molar-refractivity contribution in [1.82, 2.24) is 4.98 Å². The maximum atomic E-state index is 12.4. The molecule has 0 bridgehead atoms. The second kappa shape index (κ2) is 4.92. The fourth-order valence-corrected chi connectivity index (χ4v) is 2.66. The molecule has 1 N–H and O–H groups in total. The number of hydrogen-bond donors (Lipinski definition) is 1. The molecule has 1 heterocycles. The molecule has 2 atom stereocenters. The largest absolute Gasteiger partial charge is 0.494 e. The molecule has 5 nitrogen and oxygen atoms in total. The van der Waals surface area contributed by atoms with E-state index in [1.54, 1.807) is 13.0 Å². The number of ketones is 1. The van der Waals surface area contributed by atoms with Crippen molar-refractivity contribution < 1.29 is 19.4 Å². The summed E-state index contributed by atoms with van der Waals surface area (Å²) >= 11 is 3.25. The Morgan fingerprint density at radius 2 is 2.32 bits per heavy atom. The summed E-state index contributed by atoms with van der Waals surface area (Å²) in [6.45, 7) is 1.79. The number of Topliss-reactive ketones (excluding diaryl/α,β-unsaturated/α-hetero) is 1. The third-order valence-electron chi connectivity index (χ3n) is 3.72. The van der Waals surface area contributed by atoms with Gasteiger partial charge < -0.3 is 9.84 Å². The topological polar surface area (TPSA) is 76.5 Å². The van der Waals surface area contributed by atoms with E-state index in [4.69, 9.17) is 4.74 Å². The average Bonchev–Trinajstić information content (AvgIpc) is 3.14. The Balaban J connectivity index is 2.30. The molecule has 0 aliphatic heterocycles. The van der Waals surface area contributed by atoms with E-state index >= 15 is 0 Å². The molecule has 0 radical (unpaired) electrons. The second-order valence-electron chi connectivity index (χ2n) is 4.64. The van der Waals surface area contributed by atoms with Gasteiger partial charge in [-0.25, -0.2) is 4.98 Å². The van der Waals surface area contributed by atoms with Crippen molar-refractivity contribution in [3.63, 3.8) is 0 Å². The van der Waals surface area contributed by atoms with Crippen LogP contribution in [0.2, 0.25) is 0 Å². The Morgan fingerprint density at radius 3 is 2.79 bits per heavy atom. The number of carboxylic acids is 1. The van der Waals surface area contributed by atoms with Gasteiger partial charge in [-0.05, 0) is 34.8 Å². The third kappa shape index (κ3) is 2.25. The van der Waals surface area contributed by atoms with E-state index in [-0.39, 0.29) is 11.5 Å². The monoisotopic (exact) mass is 327 g/mol. The van der Waals surface area contributed by atoms with Crippen LogP contribution in [0.1, 0.15) is 30.3 Å². The third-order valence-corrected chi connectivity index (χ3v) is 4.15. The molecular formula is C13H14BrNO4. The molecule has 2 unspecified atom stereocenters. The number of nitrogens with zero attached hydrogens (tertiary/aromatic N) is 1. The maximum absolute atomic E-state index is 12.4. The summed E-state index contributed by atoms with van der Waals surface area (Å²) in [5.41, 5.74) is -0.719. The van der Waals surface area contributed by atoms with Crippen molar-refractivity contribution in [3.8, 4) is 5.75 Å². The van der Waals surface area contributed by atoms with Crippen LogP contribution < -0.4 is 4.74 Å². The predicted molar refractivity (Wildman–Crippen MR) is 71.3 cm³/mol. The molecular weight excluding hydrogens is 314 g/mol. The zero-order chi connectivity index (χ0) is 14.2. The molecule has 0 aromatic carbocycles. The summed E-state index contributed by atoms with van der Waals surface area (Å²) in [4.78, 5) is 27.7. The first kappa shape index (κ1) is 14.0. The molecule has 19 heavy (non-hydrogen) atoms. The number of carbonyl (C=O) groups is 2. The zero-order valence-electron chi connectivity index (χ0n) is 10.6. The number of aliphatic carboxylic acids is 1. The van der Waals surface area contributed by atoms with Gasteiger partial charge in [-0.1, -0.05) is 6.92 Å². The lowest BCUT2D eigenvalue weighted by molar-refractivity contribution is -0.143. The van der Waals surface area contributed by atoms with Crippen LogP contribution in [-0.2, 0) is 4.79 Å². The number of hydrogen-bond acceptors (Lipinski definition) is 4. The zero-order valence-corrected chi connectivity index (χ0v) is 12.2. The first-order valence-corrected chi connectivity index (χ1v) is 6.72. The second-order valence-corrected chi connectivity index (χ2v) is 5.56. The lowest BCUT2D eigenvalue weighted by Gasteiger charge is -2.10. The number of carbonyl (C=O) groups excluding carboxylic acids is 1. The Morgan fingerprint density at radius 1 is 1.63 bits per heavy atom. The van der Waals surface area contributed by atoms with E-state index in [0.29, 0.717) is 23.1 Å². The van der Waals surface area contributed by atoms with Crippen LogP contribution in [0.3, 0.4) is 0 Å². The van der Waals surface area contributed by atoms with Crippen LogP contribution in [0.25, 0.3) is 0 Å². The predicted octanol–water partition coefficient (Wildman–Crippen LogP) is 2.54. The highest BCUT2D eigenvalue weighted by molar-refractivity contribution is 9.10. The quantitative estimate of drug-likeness (QED) is 0.841. The van der Waals surface area contributed by atoms with Crippen LogP contribution in [0, 0.1) is 11.3 Å². The lowest BCUT2D eigenvalue weighted by atomic mass is 9.97. The highest BCUT2D eigenvalue weighted by Gasteiger charge is 2.63. The number of halogens is 1. The fraction of sp³-hybridized carbons (Fsp3) is 0.462. The molecule has 0 amide bonds. The summed E-state index contributed by atoms with van der Waals surface area (Å²) in [6.07, 6.45) is 2.32. The Labute approximate surface area is 119 Å². The minimum Gasteiger partial charge on any atom is -0.494 e. The minimum atomic E-state index is -0.920. The Kier molecular flexibility index (Phi) is 3.62. The molecule has 1 aromatic rings. The molecule has 6 heteroatoms. The summed E-state index contributed by atoms with van der Waals surface area (Å²) in [5, 5.41) is 9.23. The van der Waals surface area contributed by atoms with Crippen LogP contribution in [-0.4, -0.2) is 29.0 Å². The van der Waals surface area contributed by atoms with Crippen molar-refractivity contribution in [2.24, 2.45) is 11.3 Å². The van der Waals surface area contributed by atoms with Crippen LogP contribution in [0.15, 0.2) is 16.7 Å². The number of ether oxygens (including phenoxy) is 1. The maximum Gasteiger partial charge on any atom is 0.310 e. The van der Waals surface area contributed by atoms with E-state index < -0.39 is 17.3 Å². The summed E-state index contributed by atoms with van der Waals surface area (Å²) < 4.78 is 5.83. The smallest absolute Gasteiger partial charge is 0.310 e. The van der Waals surface area contributed by atoms with Gasteiger partial charge in [0.2, 0.25) is 0 Å². The average molecular weight is 328 g/mol. The first-order valence-electron chi connectivity index (χ1n) is 5.93. The molecule has 0 spiro atoms. The van der Waals surface area contributed by atoms with Gasteiger partial charge in [-0.15, -0.1) is 0 Å². The highest BCUT2D eigenvalue weighted by atomic mass is 79.9. The van der Waals surface area contributed by atoms with Gasteiger partial charge in [0.05, 0.1) is 12.5 Å². The molecule has 2 rings (SSSR count). The Bertz CT molecular complexity index is 545. The molecule has 1 aliphatic rings. The van der Waals surface area contributed by atoms with Gasteiger partial charge in [-0.2, -0.15) is 0 Å². The van der Waals surface area contributed by atoms with Crippen molar-refractivity contribution in [3.05, 3.63) is 22.4 Å². The lowest BCUT2D eigenvalue weighted by Crippen LogP contribution is -2.21. The van der Waals surface area contributed by atoms with Crippen LogP contribution >= 0.6 is 15.9 Å². The van der Waals surface area contributed by atoms with E-state index in [1.165, 1.54) is 13.3 Å². The number of rotatable bonds is 5. The highest BCUT2D eigenvalue weighted by Crippen LogP contribution is 2.57.